The Balaban J connectivity index is 2.51. The maximum atomic E-state index is 9.90. The number of aromatic hydroxyl groups is 1. The Labute approximate surface area is 125 Å². The lowest BCUT2D eigenvalue weighted by atomic mass is 10.1. The molecule has 112 valence electrons. The van der Waals surface area contributed by atoms with Crippen molar-refractivity contribution in [3.05, 3.63) is 29.5 Å². The molecule has 2 aromatic rings. The van der Waals surface area contributed by atoms with Crippen LogP contribution in [-0.2, 0) is 6.42 Å². The molecule has 0 fully saturated rings. The smallest absolute Gasteiger partial charge is 0.161 e. The molecular formula is C16H21N3O2. The predicted molar refractivity (Wildman–Crippen MR) is 84.0 cm³/mol. The fraction of sp³-hybridized carbons (Fsp3) is 0.375. The molecule has 0 aliphatic carbocycles. The molecule has 5 heteroatoms. The number of aromatic nitrogens is 2. The van der Waals surface area contributed by atoms with Crippen molar-refractivity contribution in [2.75, 3.05) is 19.0 Å². The number of phenols is 1. The van der Waals surface area contributed by atoms with Crippen LogP contribution in [0.25, 0.3) is 11.4 Å². The average Bonchev–Trinajstić information content (AvgIpc) is 2.47. The summed E-state index contributed by atoms with van der Waals surface area (Å²) >= 11 is 0. The van der Waals surface area contributed by atoms with Crippen molar-refractivity contribution in [2.24, 2.45) is 0 Å². The van der Waals surface area contributed by atoms with E-state index in [1.165, 1.54) is 7.11 Å². The number of ether oxygens (including phenoxy) is 1. The van der Waals surface area contributed by atoms with Gasteiger partial charge in [0.1, 0.15) is 5.82 Å². The lowest BCUT2D eigenvalue weighted by molar-refractivity contribution is 0.373. The molecule has 0 saturated heterocycles. The van der Waals surface area contributed by atoms with Crippen LogP contribution in [0, 0.1) is 6.92 Å². The summed E-state index contributed by atoms with van der Waals surface area (Å²) in [5.41, 5.74) is 2.84. The van der Waals surface area contributed by atoms with Gasteiger partial charge in [0.2, 0.25) is 0 Å². The first-order valence-corrected chi connectivity index (χ1v) is 7.09. The molecule has 0 aliphatic heterocycles. The summed E-state index contributed by atoms with van der Waals surface area (Å²) in [6, 6.07) is 5.17. The zero-order valence-corrected chi connectivity index (χ0v) is 12.9. The van der Waals surface area contributed by atoms with Crippen LogP contribution < -0.4 is 10.1 Å². The van der Waals surface area contributed by atoms with E-state index in [2.05, 4.69) is 22.2 Å². The zero-order valence-electron chi connectivity index (χ0n) is 12.9. The van der Waals surface area contributed by atoms with Gasteiger partial charge in [0.05, 0.1) is 7.11 Å². The highest BCUT2D eigenvalue weighted by atomic mass is 16.5. The maximum Gasteiger partial charge on any atom is 0.161 e. The Kier molecular flexibility index (Phi) is 4.62. The number of hydrogen-bond acceptors (Lipinski definition) is 5. The van der Waals surface area contributed by atoms with E-state index in [1.807, 2.05) is 19.9 Å². The summed E-state index contributed by atoms with van der Waals surface area (Å²) in [6.07, 6.45) is 0.877. The molecule has 0 saturated carbocycles. The first-order chi connectivity index (χ1) is 10.1. The summed E-state index contributed by atoms with van der Waals surface area (Å²) in [4.78, 5) is 9.14. The molecule has 21 heavy (non-hydrogen) atoms. The van der Waals surface area contributed by atoms with Crippen molar-refractivity contribution < 1.29 is 9.84 Å². The number of methoxy groups -OCH3 is 1. The molecule has 0 bridgehead atoms. The van der Waals surface area contributed by atoms with Gasteiger partial charge in [0.25, 0.3) is 0 Å². The number of benzene rings is 1. The topological polar surface area (TPSA) is 67.3 Å². The zero-order chi connectivity index (χ0) is 15.4. The van der Waals surface area contributed by atoms with E-state index in [1.54, 1.807) is 12.1 Å². The van der Waals surface area contributed by atoms with Crippen LogP contribution in [0.5, 0.6) is 11.5 Å². The number of hydrogen-bond donors (Lipinski definition) is 2. The quantitative estimate of drug-likeness (QED) is 0.884. The van der Waals surface area contributed by atoms with Crippen molar-refractivity contribution in [3.63, 3.8) is 0 Å². The summed E-state index contributed by atoms with van der Waals surface area (Å²) < 4.78 is 5.06. The number of anilines is 1. The minimum Gasteiger partial charge on any atom is -0.504 e. The molecule has 0 radical (unpaired) electrons. The number of nitrogens with zero attached hydrogens (tertiary/aromatic N) is 2. The number of aryl methyl sites for hydroxylation is 1. The second kappa shape index (κ2) is 6.43. The molecule has 1 aromatic carbocycles. The molecule has 5 nitrogen and oxygen atoms in total. The summed E-state index contributed by atoms with van der Waals surface area (Å²) in [5, 5.41) is 13.2. The maximum absolute atomic E-state index is 9.90. The third kappa shape index (κ3) is 3.07. The lowest BCUT2D eigenvalue weighted by Crippen LogP contribution is -2.08. The average molecular weight is 287 g/mol. The van der Waals surface area contributed by atoms with Gasteiger partial charge in [0.15, 0.2) is 17.3 Å². The van der Waals surface area contributed by atoms with Crippen LogP contribution in [0.3, 0.4) is 0 Å². The Bertz CT molecular complexity index is 642. The first kappa shape index (κ1) is 15.1. The summed E-state index contributed by atoms with van der Waals surface area (Å²) in [7, 11) is 1.52. The van der Waals surface area contributed by atoms with E-state index < -0.39 is 0 Å². The highest BCUT2D eigenvalue weighted by Crippen LogP contribution is 2.31. The normalized spacial score (nSPS) is 10.5. The van der Waals surface area contributed by atoms with Crippen molar-refractivity contribution in [2.45, 2.75) is 27.2 Å². The number of phenolic OH excluding ortho intramolecular Hbond substituents is 1. The number of rotatable bonds is 5. The van der Waals surface area contributed by atoms with Crippen LogP contribution in [0.4, 0.5) is 5.82 Å². The van der Waals surface area contributed by atoms with Gasteiger partial charge >= 0.3 is 0 Å². The van der Waals surface area contributed by atoms with Gasteiger partial charge in [0, 0.05) is 23.4 Å². The highest BCUT2D eigenvalue weighted by Gasteiger charge is 2.12. The molecule has 2 N–H and O–H groups in total. The molecule has 1 heterocycles. The third-order valence-electron chi connectivity index (χ3n) is 3.35. The highest BCUT2D eigenvalue weighted by molar-refractivity contribution is 5.63. The van der Waals surface area contributed by atoms with Crippen LogP contribution in [0.15, 0.2) is 18.2 Å². The molecule has 2 rings (SSSR count). The van der Waals surface area contributed by atoms with Gasteiger partial charge in [-0.1, -0.05) is 6.92 Å². The van der Waals surface area contributed by atoms with E-state index in [0.717, 1.165) is 35.6 Å². The van der Waals surface area contributed by atoms with Gasteiger partial charge < -0.3 is 15.2 Å². The van der Waals surface area contributed by atoms with E-state index in [0.29, 0.717) is 11.6 Å². The first-order valence-electron chi connectivity index (χ1n) is 7.09. The molecule has 0 unspecified atom stereocenters. The molecule has 0 amide bonds. The van der Waals surface area contributed by atoms with Crippen molar-refractivity contribution >= 4 is 5.82 Å². The Morgan fingerprint density at radius 2 is 2.00 bits per heavy atom. The Morgan fingerprint density at radius 1 is 1.24 bits per heavy atom. The predicted octanol–water partition coefficient (Wildman–Crippen LogP) is 3.16. The van der Waals surface area contributed by atoms with Crippen LogP contribution in [0.2, 0.25) is 0 Å². The fourth-order valence-corrected chi connectivity index (χ4v) is 2.29. The second-order valence-corrected chi connectivity index (χ2v) is 4.73. The Morgan fingerprint density at radius 3 is 2.57 bits per heavy atom. The van der Waals surface area contributed by atoms with Crippen LogP contribution >= 0.6 is 0 Å². The molecule has 0 atom stereocenters. The van der Waals surface area contributed by atoms with Crippen molar-refractivity contribution in [3.8, 4) is 22.9 Å². The van der Waals surface area contributed by atoms with E-state index in [9.17, 15) is 5.11 Å². The standard InChI is InChI=1S/C16H21N3O2/c1-5-12-10(3)18-15(19-16(12)17-6-2)11-7-8-14(21-4)13(20)9-11/h7-9,20H,5-6H2,1-4H3,(H,17,18,19). The van der Waals surface area contributed by atoms with Gasteiger partial charge in [-0.25, -0.2) is 9.97 Å². The van der Waals surface area contributed by atoms with E-state index >= 15 is 0 Å². The third-order valence-corrected chi connectivity index (χ3v) is 3.35. The van der Waals surface area contributed by atoms with E-state index in [-0.39, 0.29) is 5.75 Å². The summed E-state index contributed by atoms with van der Waals surface area (Å²) in [6.45, 7) is 6.91. The fourth-order valence-electron chi connectivity index (χ4n) is 2.29. The molecule has 1 aromatic heterocycles. The second-order valence-electron chi connectivity index (χ2n) is 4.73. The van der Waals surface area contributed by atoms with Gasteiger partial charge in [-0.05, 0) is 38.5 Å². The lowest BCUT2D eigenvalue weighted by Gasteiger charge is -2.13. The largest absolute Gasteiger partial charge is 0.504 e. The molecule has 0 aliphatic rings. The van der Waals surface area contributed by atoms with Crippen molar-refractivity contribution in [1.29, 1.82) is 0 Å². The van der Waals surface area contributed by atoms with Gasteiger partial charge in [-0.2, -0.15) is 0 Å². The Hall–Kier alpha value is -2.30. The monoisotopic (exact) mass is 287 g/mol. The number of nitrogens with one attached hydrogen (secondary N) is 1. The van der Waals surface area contributed by atoms with Gasteiger partial charge in [-0.15, -0.1) is 0 Å². The van der Waals surface area contributed by atoms with Crippen molar-refractivity contribution in [1.82, 2.24) is 9.97 Å². The molecular weight excluding hydrogens is 266 g/mol. The van der Waals surface area contributed by atoms with Crippen LogP contribution in [-0.4, -0.2) is 28.7 Å². The van der Waals surface area contributed by atoms with Crippen LogP contribution in [0.1, 0.15) is 25.1 Å². The van der Waals surface area contributed by atoms with Gasteiger partial charge in [-0.3, -0.25) is 0 Å². The summed E-state index contributed by atoms with van der Waals surface area (Å²) in [5.74, 6) is 1.98. The SMILES string of the molecule is CCNc1nc(-c2ccc(OC)c(O)c2)nc(C)c1CC. The molecule has 0 spiro atoms. The minimum atomic E-state index is 0.0841. The minimum absolute atomic E-state index is 0.0841. The van der Waals surface area contributed by atoms with E-state index in [4.69, 9.17) is 4.74 Å².